The van der Waals surface area contributed by atoms with E-state index in [1.54, 1.807) is 0 Å². The molecule has 1 aromatic carbocycles. The van der Waals surface area contributed by atoms with Crippen LogP contribution in [0.4, 0.5) is 0 Å². The van der Waals surface area contributed by atoms with Crippen LogP contribution in [0, 0.1) is 23.7 Å². The van der Waals surface area contributed by atoms with E-state index >= 15 is 0 Å². The number of benzene rings is 1. The van der Waals surface area contributed by atoms with Crippen LogP contribution in [0.25, 0.3) is 0 Å². The molecule has 1 N–H and O–H groups in total. The lowest BCUT2D eigenvalue weighted by Crippen LogP contribution is -2.30. The first-order valence-corrected chi connectivity index (χ1v) is 13.3. The van der Waals surface area contributed by atoms with Crippen LogP contribution in [-0.4, -0.2) is 18.4 Å². The third-order valence-electron chi connectivity index (χ3n) is 7.92. The van der Waals surface area contributed by atoms with Crippen molar-refractivity contribution in [2.75, 3.05) is 6.54 Å². The summed E-state index contributed by atoms with van der Waals surface area (Å²) >= 11 is 0. The van der Waals surface area contributed by atoms with Gasteiger partial charge in [0.15, 0.2) is 0 Å². The summed E-state index contributed by atoms with van der Waals surface area (Å²) in [6.07, 6.45) is 17.5. The summed E-state index contributed by atoms with van der Waals surface area (Å²) < 4.78 is 5.69. The second-order valence-corrected chi connectivity index (χ2v) is 10.2. The quantitative estimate of drug-likeness (QED) is 0.177. The fraction of sp³-hybridized carbons (Fsp3) is 0.655. The van der Waals surface area contributed by atoms with Gasteiger partial charge in [0, 0.05) is 6.54 Å². The molecule has 0 aromatic heterocycles. The summed E-state index contributed by atoms with van der Waals surface area (Å²) in [7, 11) is 0. The summed E-state index contributed by atoms with van der Waals surface area (Å²) in [5.74, 6) is 3.09. The fourth-order valence-electron chi connectivity index (χ4n) is 5.78. The summed E-state index contributed by atoms with van der Waals surface area (Å²) in [5.41, 5.74) is 1.10. The first kappa shape index (κ1) is 25.5. The maximum absolute atomic E-state index is 12.7. The average molecular weight is 454 g/mol. The summed E-state index contributed by atoms with van der Waals surface area (Å²) in [5, 5.41) is 2.77. The van der Waals surface area contributed by atoms with E-state index in [0.717, 1.165) is 42.6 Å². The first-order chi connectivity index (χ1) is 16.1. The van der Waals surface area contributed by atoms with Gasteiger partial charge in [-0.25, -0.2) is 0 Å². The Morgan fingerprint density at radius 2 is 1.61 bits per heavy atom. The Hall–Kier alpha value is -2.10. The minimum atomic E-state index is -0.162. The molecule has 2 aliphatic rings. The van der Waals surface area contributed by atoms with Crippen LogP contribution in [0.2, 0.25) is 0 Å². The SMILES string of the molecule is C=CC(=O)NCCc1ccc(OC(=O)C2CCC(C3CCC(CCCCC)CC3)CC2)cc1. The lowest BCUT2D eigenvalue weighted by atomic mass is 9.68. The highest BCUT2D eigenvalue weighted by molar-refractivity contribution is 5.86. The Morgan fingerprint density at radius 3 is 2.21 bits per heavy atom. The molecule has 182 valence electrons. The van der Waals surface area contributed by atoms with Gasteiger partial charge in [0.25, 0.3) is 0 Å². The van der Waals surface area contributed by atoms with Gasteiger partial charge in [-0.05, 0) is 86.5 Å². The zero-order valence-corrected chi connectivity index (χ0v) is 20.5. The van der Waals surface area contributed by atoms with E-state index in [-0.39, 0.29) is 17.8 Å². The van der Waals surface area contributed by atoms with Crippen molar-refractivity contribution in [3.8, 4) is 5.75 Å². The summed E-state index contributed by atoms with van der Waals surface area (Å²) in [4.78, 5) is 23.9. The molecule has 1 aromatic rings. The number of carbonyl (C=O) groups is 2. The Morgan fingerprint density at radius 1 is 0.970 bits per heavy atom. The van der Waals surface area contributed by atoms with Gasteiger partial charge in [-0.2, -0.15) is 0 Å². The van der Waals surface area contributed by atoms with Crippen molar-refractivity contribution >= 4 is 11.9 Å². The van der Waals surface area contributed by atoms with Gasteiger partial charge in [-0.15, -0.1) is 0 Å². The number of amides is 1. The monoisotopic (exact) mass is 453 g/mol. The number of nitrogens with one attached hydrogen (secondary N) is 1. The van der Waals surface area contributed by atoms with Crippen LogP contribution in [0.1, 0.15) is 89.5 Å². The fourth-order valence-corrected chi connectivity index (χ4v) is 5.78. The van der Waals surface area contributed by atoms with Crippen molar-refractivity contribution in [1.82, 2.24) is 5.32 Å². The zero-order valence-electron chi connectivity index (χ0n) is 20.5. The summed E-state index contributed by atoms with van der Waals surface area (Å²) in [6.45, 7) is 6.30. The highest BCUT2D eigenvalue weighted by Crippen LogP contribution is 2.42. The van der Waals surface area contributed by atoms with Crippen molar-refractivity contribution in [2.45, 2.75) is 90.4 Å². The molecule has 0 unspecified atom stereocenters. The Balaban J connectivity index is 1.35. The second kappa shape index (κ2) is 13.6. The predicted octanol–water partition coefficient (Wildman–Crippen LogP) is 6.63. The van der Waals surface area contributed by atoms with E-state index in [1.165, 1.54) is 70.3 Å². The van der Waals surface area contributed by atoms with Gasteiger partial charge in [0.05, 0.1) is 5.92 Å². The third kappa shape index (κ3) is 8.32. The van der Waals surface area contributed by atoms with Gasteiger partial charge in [-0.3, -0.25) is 9.59 Å². The molecule has 2 fully saturated rings. The number of carbonyl (C=O) groups excluding carboxylic acids is 2. The van der Waals surface area contributed by atoms with E-state index in [2.05, 4.69) is 18.8 Å². The summed E-state index contributed by atoms with van der Waals surface area (Å²) in [6, 6.07) is 7.62. The van der Waals surface area contributed by atoms with Gasteiger partial charge in [0.2, 0.25) is 5.91 Å². The van der Waals surface area contributed by atoms with Gasteiger partial charge < -0.3 is 10.1 Å². The smallest absolute Gasteiger partial charge is 0.314 e. The van der Waals surface area contributed by atoms with Gasteiger partial charge in [0.1, 0.15) is 5.75 Å². The van der Waals surface area contributed by atoms with Crippen molar-refractivity contribution in [2.24, 2.45) is 23.7 Å². The number of hydrogen-bond donors (Lipinski definition) is 1. The van der Waals surface area contributed by atoms with Gasteiger partial charge in [-0.1, -0.05) is 64.2 Å². The normalized spacial score (nSPS) is 25.2. The molecule has 0 atom stereocenters. The zero-order chi connectivity index (χ0) is 23.5. The van der Waals surface area contributed by atoms with Crippen molar-refractivity contribution in [3.05, 3.63) is 42.5 Å². The number of unbranched alkanes of at least 4 members (excludes halogenated alkanes) is 2. The third-order valence-corrected chi connectivity index (χ3v) is 7.92. The minimum absolute atomic E-state index is 0.0421. The molecule has 0 spiro atoms. The lowest BCUT2D eigenvalue weighted by Gasteiger charge is -2.37. The molecule has 3 rings (SSSR count). The van der Waals surface area contributed by atoms with Crippen LogP contribution in [0.15, 0.2) is 36.9 Å². The molecule has 0 heterocycles. The molecule has 0 aliphatic heterocycles. The standard InChI is InChI=1S/C29H43NO3/c1-3-5-6-7-22-8-12-24(13-9-22)25-14-16-26(17-15-25)29(32)33-27-18-10-23(11-19-27)20-21-30-28(31)4-2/h4,10-11,18-19,22,24-26H,2-3,5-9,12-17,20-21H2,1H3,(H,30,31). The maximum Gasteiger partial charge on any atom is 0.314 e. The Kier molecular flexibility index (Phi) is 10.5. The topological polar surface area (TPSA) is 55.4 Å². The molecule has 4 heteroatoms. The van der Waals surface area contributed by atoms with Crippen LogP contribution in [-0.2, 0) is 16.0 Å². The molecule has 0 radical (unpaired) electrons. The molecule has 1 amide bonds. The molecule has 2 aliphatic carbocycles. The van der Waals surface area contributed by atoms with Crippen molar-refractivity contribution in [3.63, 3.8) is 0 Å². The van der Waals surface area contributed by atoms with Crippen LogP contribution in [0.5, 0.6) is 5.75 Å². The van der Waals surface area contributed by atoms with E-state index in [1.807, 2.05) is 24.3 Å². The largest absolute Gasteiger partial charge is 0.426 e. The second-order valence-electron chi connectivity index (χ2n) is 10.2. The van der Waals surface area contributed by atoms with Gasteiger partial charge >= 0.3 is 5.97 Å². The number of hydrogen-bond acceptors (Lipinski definition) is 3. The Labute approximate surface area is 200 Å². The highest BCUT2D eigenvalue weighted by Gasteiger charge is 2.33. The number of esters is 1. The van der Waals surface area contributed by atoms with Crippen molar-refractivity contribution < 1.29 is 14.3 Å². The van der Waals surface area contributed by atoms with E-state index in [0.29, 0.717) is 12.3 Å². The highest BCUT2D eigenvalue weighted by atomic mass is 16.5. The molecule has 4 nitrogen and oxygen atoms in total. The minimum Gasteiger partial charge on any atom is -0.426 e. The number of rotatable bonds is 11. The van der Waals surface area contributed by atoms with Crippen LogP contribution in [0.3, 0.4) is 0 Å². The van der Waals surface area contributed by atoms with Crippen LogP contribution >= 0.6 is 0 Å². The molecule has 0 saturated heterocycles. The molecular formula is C29H43NO3. The predicted molar refractivity (Wildman–Crippen MR) is 134 cm³/mol. The first-order valence-electron chi connectivity index (χ1n) is 13.3. The maximum atomic E-state index is 12.7. The van der Waals surface area contributed by atoms with Crippen molar-refractivity contribution in [1.29, 1.82) is 0 Å². The lowest BCUT2D eigenvalue weighted by molar-refractivity contribution is -0.140. The molecule has 33 heavy (non-hydrogen) atoms. The van der Waals surface area contributed by atoms with E-state index in [4.69, 9.17) is 4.74 Å². The van der Waals surface area contributed by atoms with Crippen LogP contribution < -0.4 is 10.1 Å². The number of ether oxygens (including phenoxy) is 1. The average Bonchev–Trinajstić information content (AvgIpc) is 2.85. The molecule has 2 saturated carbocycles. The van der Waals surface area contributed by atoms with E-state index < -0.39 is 0 Å². The Bertz CT molecular complexity index is 741. The molecule has 0 bridgehead atoms. The molecular weight excluding hydrogens is 410 g/mol. The van der Waals surface area contributed by atoms with E-state index in [9.17, 15) is 9.59 Å².